The number of nitrogens with one attached hydrogen (secondary N) is 1. The van der Waals surface area contributed by atoms with Crippen molar-refractivity contribution in [2.45, 2.75) is 110 Å². The zero-order valence-electron chi connectivity index (χ0n) is 31.7. The maximum Gasteiger partial charge on any atom is 0.306 e. The van der Waals surface area contributed by atoms with Crippen molar-refractivity contribution in [3.8, 4) is 0 Å². The summed E-state index contributed by atoms with van der Waals surface area (Å²) in [4.78, 5) is 61.6. The number of aromatic nitrogens is 1. The fourth-order valence-electron chi connectivity index (χ4n) is 7.02. The van der Waals surface area contributed by atoms with Crippen LogP contribution in [0.3, 0.4) is 0 Å². The first-order valence-electron chi connectivity index (χ1n) is 18.5. The summed E-state index contributed by atoms with van der Waals surface area (Å²) >= 11 is 1.32. The molecule has 0 saturated carbocycles. The number of likely N-dealkylation sites (tertiary alicyclic amines) is 1. The molecule has 0 unspecified atom stereocenters. The fourth-order valence-corrected chi connectivity index (χ4v) is 7.88. The van der Waals surface area contributed by atoms with Gasteiger partial charge in [-0.1, -0.05) is 83.9 Å². The van der Waals surface area contributed by atoms with Crippen molar-refractivity contribution < 1.29 is 29.0 Å². The molecule has 282 valence electrons. The van der Waals surface area contributed by atoms with E-state index in [1.807, 2.05) is 49.3 Å². The molecule has 2 amide bonds. The highest BCUT2D eigenvalue weighted by molar-refractivity contribution is 7.09. The van der Waals surface area contributed by atoms with E-state index in [2.05, 4.69) is 44.5 Å². The maximum absolute atomic E-state index is 14.3. The van der Waals surface area contributed by atoms with Crippen LogP contribution in [0.25, 0.3) is 0 Å². The molecule has 2 N–H and O–H groups in total. The Kier molecular flexibility index (Phi) is 17.0. The van der Waals surface area contributed by atoms with E-state index in [9.17, 15) is 24.3 Å². The van der Waals surface area contributed by atoms with Crippen molar-refractivity contribution in [3.05, 3.63) is 64.6 Å². The van der Waals surface area contributed by atoms with Gasteiger partial charge in [0.1, 0.15) is 16.8 Å². The zero-order valence-corrected chi connectivity index (χ0v) is 32.5. The number of thiazole rings is 1. The predicted molar refractivity (Wildman–Crippen MR) is 203 cm³/mol. The van der Waals surface area contributed by atoms with Crippen molar-refractivity contribution in [2.75, 3.05) is 27.2 Å². The molecule has 1 fully saturated rings. The van der Waals surface area contributed by atoms with E-state index < -0.39 is 30.0 Å². The van der Waals surface area contributed by atoms with Crippen LogP contribution in [-0.4, -0.2) is 88.8 Å². The second-order valence-corrected chi connectivity index (χ2v) is 15.6. The van der Waals surface area contributed by atoms with Gasteiger partial charge in [0.15, 0.2) is 5.78 Å². The first-order chi connectivity index (χ1) is 24.3. The van der Waals surface area contributed by atoms with Crippen LogP contribution in [0.4, 0.5) is 0 Å². The lowest BCUT2D eigenvalue weighted by molar-refractivity contribution is -0.143. The molecule has 1 aromatic carbocycles. The van der Waals surface area contributed by atoms with Gasteiger partial charge in [-0.05, 0) is 56.7 Å². The molecule has 3 rings (SSSR count). The van der Waals surface area contributed by atoms with Crippen LogP contribution in [0.1, 0.15) is 107 Å². The standard InChI is InChI=1S/C40H60N4O6S/c1-9-20-50-36(38-42-32(25-51-38)37(46)41-30(21-28(6)40(48)49)22-29-16-12-11-13-17-29)24-34(26(3)4)44(8)39(47)31(27(5)10-2)23-35(45)33-18-14-15-19-43(33)7/h9,11-13,16-17,25-28,30-31,33-34,36H,1,10,14-15,18-24H2,2-8H3,(H,41,46)(H,48,49)/t27-,28-,30+,31-,33+,34+,36+/m0/s1. The van der Waals surface area contributed by atoms with Crippen LogP contribution in [0.2, 0.25) is 0 Å². The minimum absolute atomic E-state index is 0.0309. The second-order valence-electron chi connectivity index (χ2n) is 14.7. The molecular formula is C40H60N4O6S. The molecule has 1 aliphatic rings. The Bertz CT molecular complexity index is 1430. The van der Waals surface area contributed by atoms with Crippen molar-refractivity contribution in [3.63, 3.8) is 0 Å². The molecule has 2 heterocycles. The van der Waals surface area contributed by atoms with Crippen LogP contribution in [-0.2, 0) is 25.5 Å². The Labute approximate surface area is 309 Å². The number of carboxylic acids is 1. The number of rotatable bonds is 21. The van der Waals surface area contributed by atoms with Crippen molar-refractivity contribution in [2.24, 2.45) is 23.7 Å². The quantitative estimate of drug-likeness (QED) is 0.134. The van der Waals surface area contributed by atoms with E-state index in [1.54, 1.807) is 18.4 Å². The molecule has 7 atom stereocenters. The van der Waals surface area contributed by atoms with Gasteiger partial charge in [-0.25, -0.2) is 4.98 Å². The van der Waals surface area contributed by atoms with Crippen molar-refractivity contribution in [1.82, 2.24) is 20.1 Å². The molecule has 11 heteroatoms. The Morgan fingerprint density at radius 3 is 2.45 bits per heavy atom. The predicted octanol–water partition coefficient (Wildman–Crippen LogP) is 6.82. The number of carbonyl (C=O) groups excluding carboxylic acids is 3. The average Bonchev–Trinajstić information content (AvgIpc) is 3.60. The molecule has 0 aliphatic carbocycles. The number of carbonyl (C=O) groups is 4. The Balaban J connectivity index is 1.80. The first-order valence-corrected chi connectivity index (χ1v) is 19.4. The average molecular weight is 725 g/mol. The lowest BCUT2D eigenvalue weighted by Gasteiger charge is -2.37. The van der Waals surface area contributed by atoms with Gasteiger partial charge in [-0.15, -0.1) is 17.9 Å². The number of Topliss-reactive ketones (excluding diaryl/α,β-unsaturated/α-hetero) is 1. The molecule has 1 saturated heterocycles. The number of hydrogen-bond acceptors (Lipinski definition) is 8. The van der Waals surface area contributed by atoms with Crippen molar-refractivity contribution in [1.29, 1.82) is 0 Å². The van der Waals surface area contributed by atoms with E-state index in [4.69, 9.17) is 9.72 Å². The highest BCUT2D eigenvalue weighted by Crippen LogP contribution is 2.33. The minimum atomic E-state index is -0.914. The molecule has 51 heavy (non-hydrogen) atoms. The largest absolute Gasteiger partial charge is 0.481 e. The summed E-state index contributed by atoms with van der Waals surface area (Å²) < 4.78 is 6.24. The fraction of sp³-hybridized carbons (Fsp3) is 0.625. The van der Waals surface area contributed by atoms with Crippen LogP contribution in [0.15, 0.2) is 48.4 Å². The van der Waals surface area contributed by atoms with Gasteiger partial charge in [0.25, 0.3) is 5.91 Å². The topological polar surface area (TPSA) is 129 Å². The summed E-state index contributed by atoms with van der Waals surface area (Å²) in [6, 6.07) is 8.90. The second kappa shape index (κ2) is 20.6. The highest BCUT2D eigenvalue weighted by atomic mass is 32.1. The number of piperidine rings is 1. The highest BCUT2D eigenvalue weighted by Gasteiger charge is 2.37. The van der Waals surface area contributed by atoms with Gasteiger partial charge in [0, 0.05) is 43.3 Å². The monoisotopic (exact) mass is 724 g/mol. The van der Waals surface area contributed by atoms with Crippen molar-refractivity contribution >= 4 is 34.9 Å². The lowest BCUT2D eigenvalue weighted by Crippen LogP contribution is -2.48. The summed E-state index contributed by atoms with van der Waals surface area (Å²) in [5.41, 5.74) is 1.23. The third kappa shape index (κ3) is 12.4. The molecule has 1 aliphatic heterocycles. The number of ketones is 1. The Morgan fingerprint density at radius 2 is 1.84 bits per heavy atom. The SMILES string of the molecule is C=CCO[C@H](C[C@H](C(C)C)N(C)C(=O)[C@@H](CC(=O)[C@H]1CCCCN1C)[C@@H](C)CC)c1nc(C(=O)N[C@@H](Cc2ccccc2)C[C@H](C)C(=O)O)cs1. The molecule has 1 aromatic heterocycles. The zero-order chi connectivity index (χ0) is 37.7. The molecule has 0 spiro atoms. The van der Waals surface area contributed by atoms with E-state index in [0.717, 1.165) is 37.8 Å². The maximum atomic E-state index is 14.3. The van der Waals surface area contributed by atoms with Crippen LogP contribution < -0.4 is 5.32 Å². The van der Waals surface area contributed by atoms with Gasteiger partial charge in [-0.2, -0.15) is 0 Å². The molecule has 10 nitrogen and oxygen atoms in total. The minimum Gasteiger partial charge on any atom is -0.481 e. The summed E-state index contributed by atoms with van der Waals surface area (Å²) in [6.07, 6.45) is 6.35. The molecule has 2 aromatic rings. The van der Waals surface area contributed by atoms with E-state index >= 15 is 0 Å². The van der Waals surface area contributed by atoms with Crippen LogP contribution >= 0.6 is 11.3 Å². The van der Waals surface area contributed by atoms with Crippen LogP contribution in [0, 0.1) is 23.7 Å². The van der Waals surface area contributed by atoms with Gasteiger partial charge in [0.05, 0.1) is 18.6 Å². The van der Waals surface area contributed by atoms with Gasteiger partial charge in [0.2, 0.25) is 5.91 Å². The number of aliphatic carboxylic acids is 1. The Morgan fingerprint density at radius 1 is 1.14 bits per heavy atom. The summed E-state index contributed by atoms with van der Waals surface area (Å²) in [5.74, 6) is -2.11. The number of benzene rings is 1. The summed E-state index contributed by atoms with van der Waals surface area (Å²) in [6.45, 7) is 14.9. The molecule has 0 bridgehead atoms. The third-order valence-electron chi connectivity index (χ3n) is 10.4. The number of likely N-dealkylation sites (N-methyl/N-ethyl adjacent to an activating group) is 1. The van der Waals surface area contributed by atoms with E-state index in [-0.39, 0.29) is 66.7 Å². The molecular weight excluding hydrogens is 665 g/mol. The van der Waals surface area contributed by atoms with E-state index in [0.29, 0.717) is 17.8 Å². The lowest BCUT2D eigenvalue weighted by atomic mass is 9.83. The summed E-state index contributed by atoms with van der Waals surface area (Å²) in [7, 11) is 3.83. The Hall–Kier alpha value is -3.41. The van der Waals surface area contributed by atoms with Gasteiger partial charge >= 0.3 is 5.97 Å². The number of carboxylic acid groups (broad SMARTS) is 1. The number of hydrogen-bond donors (Lipinski definition) is 2. The van der Waals surface area contributed by atoms with Gasteiger partial charge < -0.3 is 20.1 Å². The van der Waals surface area contributed by atoms with E-state index in [1.165, 1.54) is 11.3 Å². The third-order valence-corrected chi connectivity index (χ3v) is 11.4. The smallest absolute Gasteiger partial charge is 0.306 e. The number of amides is 2. The normalized spacial score (nSPS) is 18.6. The number of ether oxygens (including phenoxy) is 1. The number of nitrogens with zero attached hydrogens (tertiary/aromatic N) is 3. The summed E-state index contributed by atoms with van der Waals surface area (Å²) in [5, 5.41) is 14.9. The van der Waals surface area contributed by atoms with Crippen LogP contribution in [0.5, 0.6) is 0 Å². The first kappa shape index (κ1) is 42.0. The van der Waals surface area contributed by atoms with Gasteiger partial charge in [-0.3, -0.25) is 24.1 Å². The molecule has 0 radical (unpaired) electrons.